The normalized spacial score (nSPS) is 11.0. The molecule has 114 valence electrons. The van der Waals surface area contributed by atoms with Crippen LogP contribution < -0.4 is 5.32 Å². The lowest BCUT2D eigenvalue weighted by atomic mass is 10.2. The molecule has 0 bridgehead atoms. The lowest BCUT2D eigenvalue weighted by Gasteiger charge is -2.04. The highest BCUT2D eigenvalue weighted by atomic mass is 32.1. The molecule has 0 saturated heterocycles. The van der Waals surface area contributed by atoms with Gasteiger partial charge < -0.3 is 5.32 Å². The number of aromatic nitrogens is 4. The van der Waals surface area contributed by atoms with Crippen molar-refractivity contribution in [1.82, 2.24) is 19.7 Å². The minimum atomic E-state index is 0.643. The molecule has 0 radical (unpaired) electrons. The molecule has 3 aromatic heterocycles. The lowest BCUT2D eigenvalue weighted by molar-refractivity contribution is 0.674. The fraction of sp³-hybridized carbons (Fsp3) is 0.118. The van der Waals surface area contributed by atoms with Gasteiger partial charge in [-0.05, 0) is 23.1 Å². The molecule has 0 aliphatic heterocycles. The average molecular weight is 321 g/mol. The molecule has 23 heavy (non-hydrogen) atoms. The first-order chi connectivity index (χ1) is 11.4. The zero-order valence-corrected chi connectivity index (χ0v) is 13.2. The summed E-state index contributed by atoms with van der Waals surface area (Å²) in [4.78, 5) is 9.57. The van der Waals surface area contributed by atoms with Crippen LogP contribution in [0.1, 0.15) is 11.3 Å². The van der Waals surface area contributed by atoms with Crippen molar-refractivity contribution in [3.05, 3.63) is 71.6 Å². The van der Waals surface area contributed by atoms with E-state index in [1.54, 1.807) is 17.7 Å². The zero-order valence-electron chi connectivity index (χ0n) is 12.4. The van der Waals surface area contributed by atoms with Gasteiger partial charge in [-0.3, -0.25) is 4.68 Å². The summed E-state index contributed by atoms with van der Waals surface area (Å²) in [7, 11) is 0. The van der Waals surface area contributed by atoms with Crippen molar-refractivity contribution in [1.29, 1.82) is 0 Å². The van der Waals surface area contributed by atoms with Crippen molar-refractivity contribution in [3.63, 3.8) is 0 Å². The molecule has 0 spiro atoms. The minimum absolute atomic E-state index is 0.643. The third-order valence-corrected chi connectivity index (χ3v) is 4.40. The quantitative estimate of drug-likeness (QED) is 0.611. The molecule has 0 unspecified atom stereocenters. The molecule has 6 heteroatoms. The van der Waals surface area contributed by atoms with Crippen LogP contribution in [0.15, 0.2) is 60.4 Å². The van der Waals surface area contributed by atoms with E-state index in [1.807, 2.05) is 46.6 Å². The molecule has 5 nitrogen and oxygen atoms in total. The maximum Gasteiger partial charge on any atom is 0.138 e. The Morgan fingerprint density at radius 3 is 2.87 bits per heavy atom. The second kappa shape index (κ2) is 6.18. The van der Waals surface area contributed by atoms with Gasteiger partial charge in [-0.1, -0.05) is 30.3 Å². The van der Waals surface area contributed by atoms with Gasteiger partial charge in [-0.25, -0.2) is 9.97 Å². The summed E-state index contributed by atoms with van der Waals surface area (Å²) in [5.41, 5.74) is 2.23. The summed E-state index contributed by atoms with van der Waals surface area (Å²) in [5, 5.41) is 11.0. The number of benzene rings is 1. The number of fused-ring (bicyclic) bond motifs is 1. The van der Waals surface area contributed by atoms with E-state index in [1.165, 1.54) is 5.56 Å². The zero-order chi connectivity index (χ0) is 15.5. The predicted octanol–water partition coefficient (Wildman–Crippen LogP) is 3.55. The van der Waals surface area contributed by atoms with Crippen LogP contribution in [0, 0.1) is 0 Å². The van der Waals surface area contributed by atoms with E-state index in [9.17, 15) is 0 Å². The van der Waals surface area contributed by atoms with Crippen LogP contribution in [0.3, 0.4) is 0 Å². The Balaban J connectivity index is 1.45. The Labute approximate surface area is 137 Å². The second-order valence-electron chi connectivity index (χ2n) is 5.21. The highest BCUT2D eigenvalue weighted by Crippen LogP contribution is 2.23. The highest BCUT2D eigenvalue weighted by molar-refractivity contribution is 7.16. The molecule has 4 aromatic rings. The Hall–Kier alpha value is -2.73. The van der Waals surface area contributed by atoms with E-state index in [0.717, 1.165) is 28.3 Å². The molecule has 0 aliphatic rings. The molecule has 1 N–H and O–H groups in total. The van der Waals surface area contributed by atoms with E-state index in [0.29, 0.717) is 6.54 Å². The Morgan fingerprint density at radius 2 is 1.96 bits per heavy atom. The summed E-state index contributed by atoms with van der Waals surface area (Å²) < 4.78 is 1.95. The summed E-state index contributed by atoms with van der Waals surface area (Å²) >= 11 is 1.62. The van der Waals surface area contributed by atoms with Gasteiger partial charge in [0.15, 0.2) is 0 Å². The first-order valence-electron chi connectivity index (χ1n) is 7.37. The van der Waals surface area contributed by atoms with E-state index in [-0.39, 0.29) is 0 Å². The molecule has 4 rings (SSSR count). The van der Waals surface area contributed by atoms with E-state index in [2.05, 4.69) is 32.5 Å². The van der Waals surface area contributed by atoms with Gasteiger partial charge in [0.2, 0.25) is 0 Å². The van der Waals surface area contributed by atoms with E-state index in [4.69, 9.17) is 0 Å². The largest absolute Gasteiger partial charge is 0.364 e. The standard InChI is InChI=1S/C17H15N5S/c1-2-4-13(5-3-1)11-22-8-6-14(21-22)10-18-16-15-7-9-23-17(15)20-12-19-16/h1-9,12H,10-11H2,(H,18,19,20). The van der Waals surface area contributed by atoms with Gasteiger partial charge in [0.05, 0.1) is 24.2 Å². The number of nitrogens with one attached hydrogen (secondary N) is 1. The fourth-order valence-corrected chi connectivity index (χ4v) is 3.19. The molecule has 0 atom stereocenters. The van der Waals surface area contributed by atoms with Crippen molar-refractivity contribution in [3.8, 4) is 0 Å². The topological polar surface area (TPSA) is 55.6 Å². The molecule has 0 amide bonds. The van der Waals surface area contributed by atoms with Gasteiger partial charge in [-0.15, -0.1) is 11.3 Å². The molecular formula is C17H15N5S. The molecule has 3 heterocycles. The molecule has 0 fully saturated rings. The van der Waals surface area contributed by atoms with Crippen LogP contribution in [0.5, 0.6) is 0 Å². The first-order valence-corrected chi connectivity index (χ1v) is 8.25. The molecule has 1 aromatic carbocycles. The second-order valence-corrected chi connectivity index (χ2v) is 6.10. The number of thiophene rings is 1. The van der Waals surface area contributed by atoms with Crippen LogP contribution in [0.4, 0.5) is 5.82 Å². The third-order valence-electron chi connectivity index (χ3n) is 3.58. The van der Waals surface area contributed by atoms with E-state index < -0.39 is 0 Å². The number of nitrogens with zero attached hydrogens (tertiary/aromatic N) is 4. The summed E-state index contributed by atoms with van der Waals surface area (Å²) in [6.45, 7) is 1.42. The van der Waals surface area contributed by atoms with Crippen LogP contribution in [-0.2, 0) is 13.1 Å². The maximum absolute atomic E-state index is 4.60. The first kappa shape index (κ1) is 13.9. The SMILES string of the molecule is c1ccc(Cn2ccc(CNc3ncnc4sccc34)n2)cc1. The van der Waals surface area contributed by atoms with Gasteiger partial charge >= 0.3 is 0 Å². The van der Waals surface area contributed by atoms with Gasteiger partial charge in [0, 0.05) is 6.20 Å². The third kappa shape index (κ3) is 3.07. The predicted molar refractivity (Wildman–Crippen MR) is 92.5 cm³/mol. The number of hydrogen-bond donors (Lipinski definition) is 1. The number of hydrogen-bond acceptors (Lipinski definition) is 5. The van der Waals surface area contributed by atoms with Crippen LogP contribution >= 0.6 is 11.3 Å². The van der Waals surface area contributed by atoms with Crippen LogP contribution in [-0.4, -0.2) is 19.7 Å². The Bertz CT molecular complexity index is 913. The van der Waals surface area contributed by atoms with Crippen LogP contribution in [0.2, 0.25) is 0 Å². The van der Waals surface area contributed by atoms with Crippen molar-refractivity contribution in [2.75, 3.05) is 5.32 Å². The smallest absolute Gasteiger partial charge is 0.138 e. The highest BCUT2D eigenvalue weighted by Gasteiger charge is 2.05. The summed E-state index contributed by atoms with van der Waals surface area (Å²) in [6.07, 6.45) is 3.60. The summed E-state index contributed by atoms with van der Waals surface area (Å²) in [6, 6.07) is 14.4. The number of anilines is 1. The fourth-order valence-electron chi connectivity index (χ4n) is 2.46. The van der Waals surface area contributed by atoms with Crippen molar-refractivity contribution in [2.45, 2.75) is 13.1 Å². The van der Waals surface area contributed by atoms with Gasteiger partial charge in [0.1, 0.15) is 17.0 Å². The molecule has 0 aliphatic carbocycles. The monoisotopic (exact) mass is 321 g/mol. The summed E-state index contributed by atoms with van der Waals surface area (Å²) in [5.74, 6) is 0.855. The molecule has 0 saturated carbocycles. The van der Waals surface area contributed by atoms with Crippen molar-refractivity contribution < 1.29 is 0 Å². The van der Waals surface area contributed by atoms with Gasteiger partial charge in [-0.2, -0.15) is 5.10 Å². The average Bonchev–Trinajstić information content (AvgIpc) is 3.23. The van der Waals surface area contributed by atoms with Gasteiger partial charge in [0.25, 0.3) is 0 Å². The number of rotatable bonds is 5. The Kier molecular flexibility index (Phi) is 3.73. The minimum Gasteiger partial charge on any atom is -0.364 e. The lowest BCUT2D eigenvalue weighted by Crippen LogP contribution is -2.05. The Morgan fingerprint density at radius 1 is 1.04 bits per heavy atom. The molecular weight excluding hydrogens is 306 g/mol. The maximum atomic E-state index is 4.60. The van der Waals surface area contributed by atoms with Crippen molar-refractivity contribution in [2.24, 2.45) is 0 Å². The van der Waals surface area contributed by atoms with Crippen LogP contribution in [0.25, 0.3) is 10.2 Å². The van der Waals surface area contributed by atoms with E-state index >= 15 is 0 Å². The van der Waals surface area contributed by atoms with Crippen molar-refractivity contribution >= 4 is 27.4 Å².